The number of nitrogens with one attached hydrogen (secondary N) is 1. The van der Waals surface area contributed by atoms with Crippen LogP contribution < -0.4 is 5.32 Å². The van der Waals surface area contributed by atoms with Gasteiger partial charge in [-0.2, -0.15) is 0 Å². The van der Waals surface area contributed by atoms with Crippen LogP contribution in [-0.2, 0) is 9.59 Å². The van der Waals surface area contributed by atoms with Gasteiger partial charge in [-0.05, 0) is 25.2 Å². The maximum Gasteiger partial charge on any atom is 0.249 e. The molecular formula is C16H27FN2O2. The van der Waals surface area contributed by atoms with E-state index in [1.807, 2.05) is 13.8 Å². The van der Waals surface area contributed by atoms with E-state index < -0.39 is 18.3 Å². The van der Waals surface area contributed by atoms with E-state index in [1.54, 1.807) is 4.90 Å². The zero-order valence-corrected chi connectivity index (χ0v) is 13.2. The second kappa shape index (κ2) is 6.75. The minimum Gasteiger partial charge on any atom is -0.340 e. The first-order valence-corrected chi connectivity index (χ1v) is 8.25. The molecule has 2 aliphatic rings. The first-order valence-electron chi connectivity index (χ1n) is 8.25. The second-order valence-corrected chi connectivity index (χ2v) is 6.50. The van der Waals surface area contributed by atoms with Crippen LogP contribution in [0, 0.1) is 5.92 Å². The number of carbonyl (C=O) groups is 2. The van der Waals surface area contributed by atoms with Crippen LogP contribution in [0.2, 0.25) is 0 Å². The van der Waals surface area contributed by atoms with Gasteiger partial charge in [0.15, 0.2) is 0 Å². The maximum atomic E-state index is 13.0. The molecule has 1 N–H and O–H groups in total. The second-order valence-electron chi connectivity index (χ2n) is 6.50. The van der Waals surface area contributed by atoms with Crippen LogP contribution in [0.1, 0.15) is 58.8 Å². The Morgan fingerprint density at radius 3 is 2.57 bits per heavy atom. The van der Waals surface area contributed by atoms with Crippen LogP contribution in [0.25, 0.3) is 0 Å². The highest BCUT2D eigenvalue weighted by Gasteiger charge is 2.51. The van der Waals surface area contributed by atoms with Crippen molar-refractivity contribution in [2.75, 3.05) is 13.2 Å². The van der Waals surface area contributed by atoms with Gasteiger partial charge in [-0.15, -0.1) is 0 Å². The fourth-order valence-corrected chi connectivity index (χ4v) is 3.66. The summed E-state index contributed by atoms with van der Waals surface area (Å²) in [6.45, 7) is 3.89. The number of nitrogens with zero attached hydrogens (tertiary/aromatic N) is 1. The molecule has 0 bridgehead atoms. The number of rotatable bonds is 5. The lowest BCUT2D eigenvalue weighted by Gasteiger charge is -2.49. The molecule has 0 aromatic carbocycles. The summed E-state index contributed by atoms with van der Waals surface area (Å²) in [7, 11) is 0. The first-order chi connectivity index (χ1) is 10.1. The molecule has 2 amide bonds. The molecule has 2 atom stereocenters. The van der Waals surface area contributed by atoms with Gasteiger partial charge in [-0.25, -0.2) is 0 Å². The lowest BCUT2D eigenvalue weighted by Crippen LogP contribution is -2.72. The van der Waals surface area contributed by atoms with Crippen molar-refractivity contribution in [3.05, 3.63) is 0 Å². The van der Waals surface area contributed by atoms with Crippen molar-refractivity contribution in [2.24, 2.45) is 5.92 Å². The van der Waals surface area contributed by atoms with Crippen molar-refractivity contribution < 1.29 is 14.0 Å². The van der Waals surface area contributed by atoms with Crippen LogP contribution >= 0.6 is 0 Å². The molecule has 0 radical (unpaired) electrons. The Labute approximate surface area is 126 Å². The highest BCUT2D eigenvalue weighted by Crippen LogP contribution is 2.35. The first kappa shape index (κ1) is 16.2. The van der Waals surface area contributed by atoms with Crippen LogP contribution in [-0.4, -0.2) is 41.5 Å². The molecule has 4 nitrogen and oxygen atoms in total. The monoisotopic (exact) mass is 298 g/mol. The molecule has 5 heteroatoms. The fourth-order valence-electron chi connectivity index (χ4n) is 3.66. The Morgan fingerprint density at radius 1 is 1.33 bits per heavy atom. The van der Waals surface area contributed by atoms with E-state index in [1.165, 1.54) is 0 Å². The minimum atomic E-state index is -0.713. The van der Waals surface area contributed by atoms with Gasteiger partial charge in [0.25, 0.3) is 0 Å². The Kier molecular flexibility index (Phi) is 5.22. The molecule has 1 spiro atoms. The van der Waals surface area contributed by atoms with E-state index in [0.29, 0.717) is 13.0 Å². The SMILES string of the molecule is CCC(C)C1C(=O)NC2(CCCCC2)C(=O)N1CCCF. The summed E-state index contributed by atoms with van der Waals surface area (Å²) in [4.78, 5) is 27.2. The third-order valence-corrected chi connectivity index (χ3v) is 5.06. The molecule has 0 aromatic heterocycles. The van der Waals surface area contributed by atoms with Gasteiger partial charge in [0.05, 0.1) is 6.67 Å². The Morgan fingerprint density at radius 2 is 2.00 bits per heavy atom. The third-order valence-electron chi connectivity index (χ3n) is 5.06. The van der Waals surface area contributed by atoms with Crippen molar-refractivity contribution in [1.82, 2.24) is 10.2 Å². The van der Waals surface area contributed by atoms with Crippen molar-refractivity contribution in [3.8, 4) is 0 Å². The summed E-state index contributed by atoms with van der Waals surface area (Å²) < 4.78 is 12.6. The highest BCUT2D eigenvalue weighted by molar-refractivity contribution is 6.00. The molecular weight excluding hydrogens is 271 g/mol. The Hall–Kier alpha value is -1.13. The summed E-state index contributed by atoms with van der Waals surface area (Å²) in [6.07, 6.45) is 5.62. The molecule has 120 valence electrons. The summed E-state index contributed by atoms with van der Waals surface area (Å²) >= 11 is 0. The smallest absolute Gasteiger partial charge is 0.249 e. The van der Waals surface area contributed by atoms with Gasteiger partial charge in [0, 0.05) is 6.54 Å². The largest absolute Gasteiger partial charge is 0.340 e. The zero-order valence-electron chi connectivity index (χ0n) is 13.2. The number of hydrogen-bond donors (Lipinski definition) is 1. The summed E-state index contributed by atoms with van der Waals surface area (Å²) in [6, 6.07) is -0.443. The summed E-state index contributed by atoms with van der Waals surface area (Å²) in [5.41, 5.74) is -0.713. The van der Waals surface area contributed by atoms with E-state index in [0.717, 1.165) is 38.5 Å². The van der Waals surface area contributed by atoms with Gasteiger partial charge < -0.3 is 10.2 Å². The molecule has 0 aromatic rings. The fraction of sp³-hybridized carbons (Fsp3) is 0.875. The average molecular weight is 298 g/mol. The predicted molar refractivity (Wildman–Crippen MR) is 79.5 cm³/mol. The molecule has 1 heterocycles. The number of piperazine rings is 1. The zero-order chi connectivity index (χ0) is 15.5. The number of amides is 2. The van der Waals surface area contributed by atoms with Gasteiger partial charge >= 0.3 is 0 Å². The average Bonchev–Trinajstić information content (AvgIpc) is 2.49. The molecule has 1 aliphatic carbocycles. The van der Waals surface area contributed by atoms with Gasteiger partial charge in [-0.1, -0.05) is 39.5 Å². The molecule has 21 heavy (non-hydrogen) atoms. The number of alkyl halides is 1. The minimum absolute atomic E-state index is 0.0144. The topological polar surface area (TPSA) is 49.4 Å². The lowest BCUT2D eigenvalue weighted by atomic mass is 9.77. The van der Waals surface area contributed by atoms with Gasteiger partial charge in [-0.3, -0.25) is 14.0 Å². The van der Waals surface area contributed by atoms with Gasteiger partial charge in [0.2, 0.25) is 11.8 Å². The standard InChI is InChI=1S/C16H27FN2O2/c1-3-12(2)13-14(20)18-16(8-5-4-6-9-16)15(21)19(13)11-7-10-17/h12-13H,3-11H2,1-2H3,(H,18,20). The molecule has 1 saturated carbocycles. The Balaban J connectivity index is 2.26. The van der Waals surface area contributed by atoms with Crippen LogP contribution in [0.15, 0.2) is 0 Å². The van der Waals surface area contributed by atoms with Gasteiger partial charge in [0.1, 0.15) is 11.6 Å². The van der Waals surface area contributed by atoms with E-state index >= 15 is 0 Å². The molecule has 1 saturated heterocycles. The third kappa shape index (κ3) is 3.06. The van der Waals surface area contributed by atoms with E-state index in [-0.39, 0.29) is 17.7 Å². The quantitative estimate of drug-likeness (QED) is 0.847. The van der Waals surface area contributed by atoms with Crippen LogP contribution in [0.4, 0.5) is 4.39 Å². The van der Waals surface area contributed by atoms with E-state index in [9.17, 15) is 14.0 Å². The molecule has 1 aliphatic heterocycles. The van der Waals surface area contributed by atoms with Crippen molar-refractivity contribution >= 4 is 11.8 Å². The van der Waals surface area contributed by atoms with Crippen molar-refractivity contribution in [1.29, 1.82) is 0 Å². The summed E-state index contributed by atoms with van der Waals surface area (Å²) in [5, 5.41) is 3.03. The predicted octanol–water partition coefficient (Wildman–Crippen LogP) is 2.42. The van der Waals surface area contributed by atoms with Crippen LogP contribution in [0.3, 0.4) is 0 Å². The van der Waals surface area contributed by atoms with E-state index in [4.69, 9.17) is 0 Å². The van der Waals surface area contributed by atoms with Crippen LogP contribution in [0.5, 0.6) is 0 Å². The highest BCUT2D eigenvalue weighted by atomic mass is 19.1. The van der Waals surface area contributed by atoms with E-state index in [2.05, 4.69) is 5.32 Å². The van der Waals surface area contributed by atoms with Crippen molar-refractivity contribution in [3.63, 3.8) is 0 Å². The molecule has 2 fully saturated rings. The Bertz CT molecular complexity index is 394. The number of carbonyl (C=O) groups excluding carboxylic acids is 2. The maximum absolute atomic E-state index is 13.0. The van der Waals surface area contributed by atoms with Crippen molar-refractivity contribution in [2.45, 2.75) is 70.4 Å². The molecule has 2 unspecified atom stereocenters. The molecule has 2 rings (SSSR count). The summed E-state index contributed by atoms with van der Waals surface area (Å²) in [5.74, 6) is 0.0553. The number of hydrogen-bond acceptors (Lipinski definition) is 2. The normalized spacial score (nSPS) is 26.8. The number of halogens is 1. The lowest BCUT2D eigenvalue weighted by molar-refractivity contribution is -0.159.